The Bertz CT molecular complexity index is 600. The van der Waals surface area contributed by atoms with Gasteiger partial charge in [-0.25, -0.2) is 4.98 Å². The molecule has 3 nitrogen and oxygen atoms in total. The Labute approximate surface area is 123 Å². The van der Waals surface area contributed by atoms with Crippen LogP contribution in [0, 0.1) is 6.92 Å². The fourth-order valence-electron chi connectivity index (χ4n) is 2.56. The van der Waals surface area contributed by atoms with E-state index in [4.69, 9.17) is 0 Å². The summed E-state index contributed by atoms with van der Waals surface area (Å²) in [5, 5.41) is 1.02. The van der Waals surface area contributed by atoms with E-state index in [1.165, 1.54) is 5.56 Å². The van der Waals surface area contributed by atoms with Crippen LogP contribution in [0.3, 0.4) is 0 Å². The number of thiazole rings is 1. The van der Waals surface area contributed by atoms with Crippen LogP contribution in [0.1, 0.15) is 38.8 Å². The quantitative estimate of drug-likeness (QED) is 0.867. The molecule has 0 radical (unpaired) electrons. The number of hydrogen-bond acceptors (Lipinski definition) is 3. The summed E-state index contributed by atoms with van der Waals surface area (Å²) < 4.78 is 0. The van der Waals surface area contributed by atoms with E-state index < -0.39 is 0 Å². The lowest BCUT2D eigenvalue weighted by molar-refractivity contribution is 0.0796. The van der Waals surface area contributed by atoms with Crippen LogP contribution in [0.2, 0.25) is 0 Å². The number of carbonyl (C=O) groups is 1. The number of aryl methyl sites for hydroxylation is 1. The molecular formula is C16H18N2OS. The lowest BCUT2D eigenvalue weighted by atomic mass is 10.2. The van der Waals surface area contributed by atoms with Crippen molar-refractivity contribution in [2.45, 2.75) is 26.2 Å². The first-order chi connectivity index (χ1) is 9.74. The molecule has 3 rings (SSSR count). The largest absolute Gasteiger partial charge is 0.338 e. The Morgan fingerprint density at radius 1 is 1.25 bits per heavy atom. The van der Waals surface area contributed by atoms with Crippen molar-refractivity contribution in [3.63, 3.8) is 0 Å². The smallest absolute Gasteiger partial charge is 0.265 e. The number of likely N-dealkylation sites (tertiary alicyclic amines) is 1. The fourth-order valence-corrected chi connectivity index (χ4v) is 3.63. The third-order valence-electron chi connectivity index (χ3n) is 3.63. The molecule has 1 saturated heterocycles. The van der Waals surface area contributed by atoms with E-state index in [9.17, 15) is 4.79 Å². The third-order valence-corrected chi connectivity index (χ3v) is 4.77. The SMILES string of the molecule is Cc1nc(Cc2ccccc2)sc1C(=O)N1CCCC1. The van der Waals surface area contributed by atoms with E-state index in [2.05, 4.69) is 17.1 Å². The van der Waals surface area contributed by atoms with Crippen LogP contribution in [0.15, 0.2) is 30.3 Å². The van der Waals surface area contributed by atoms with Crippen LogP contribution in [-0.2, 0) is 6.42 Å². The van der Waals surface area contributed by atoms with Gasteiger partial charge in [-0.2, -0.15) is 0 Å². The number of carbonyl (C=O) groups excluding carboxylic acids is 1. The van der Waals surface area contributed by atoms with Crippen LogP contribution in [0.4, 0.5) is 0 Å². The molecule has 1 fully saturated rings. The maximum absolute atomic E-state index is 12.4. The highest BCUT2D eigenvalue weighted by Gasteiger charge is 2.23. The first-order valence-electron chi connectivity index (χ1n) is 7.03. The van der Waals surface area contributed by atoms with E-state index in [1.54, 1.807) is 11.3 Å². The van der Waals surface area contributed by atoms with Gasteiger partial charge in [0.25, 0.3) is 5.91 Å². The van der Waals surface area contributed by atoms with E-state index in [0.717, 1.165) is 47.9 Å². The van der Waals surface area contributed by atoms with Gasteiger partial charge in [0.15, 0.2) is 0 Å². The summed E-state index contributed by atoms with van der Waals surface area (Å²) in [5.41, 5.74) is 2.11. The average Bonchev–Trinajstić information content (AvgIpc) is 3.09. The van der Waals surface area contributed by atoms with Crippen molar-refractivity contribution >= 4 is 17.2 Å². The predicted octanol–water partition coefficient (Wildman–Crippen LogP) is 3.28. The molecule has 0 bridgehead atoms. The van der Waals surface area contributed by atoms with Crippen LogP contribution >= 0.6 is 11.3 Å². The van der Waals surface area contributed by atoms with E-state index in [-0.39, 0.29) is 5.91 Å². The lowest BCUT2D eigenvalue weighted by Crippen LogP contribution is -2.27. The van der Waals surface area contributed by atoms with Crippen molar-refractivity contribution in [2.24, 2.45) is 0 Å². The van der Waals surface area contributed by atoms with Gasteiger partial charge in [-0.05, 0) is 25.3 Å². The molecule has 0 aliphatic carbocycles. The monoisotopic (exact) mass is 286 g/mol. The van der Waals surface area contributed by atoms with Gasteiger partial charge in [0.1, 0.15) is 4.88 Å². The fraction of sp³-hybridized carbons (Fsp3) is 0.375. The first kappa shape index (κ1) is 13.3. The van der Waals surface area contributed by atoms with Crippen LogP contribution < -0.4 is 0 Å². The van der Waals surface area contributed by atoms with Crippen molar-refractivity contribution in [3.05, 3.63) is 51.5 Å². The number of amides is 1. The average molecular weight is 286 g/mol. The molecule has 1 aromatic heterocycles. The van der Waals surface area contributed by atoms with Crippen LogP contribution in [0.25, 0.3) is 0 Å². The Morgan fingerprint density at radius 2 is 1.95 bits per heavy atom. The minimum absolute atomic E-state index is 0.164. The Kier molecular flexibility index (Phi) is 3.83. The molecule has 4 heteroatoms. The summed E-state index contributed by atoms with van der Waals surface area (Å²) in [7, 11) is 0. The number of aromatic nitrogens is 1. The normalized spacial score (nSPS) is 14.8. The lowest BCUT2D eigenvalue weighted by Gasteiger charge is -2.13. The predicted molar refractivity (Wildman–Crippen MR) is 81.2 cm³/mol. The second-order valence-electron chi connectivity index (χ2n) is 5.18. The highest BCUT2D eigenvalue weighted by molar-refractivity contribution is 7.13. The zero-order valence-electron chi connectivity index (χ0n) is 11.6. The van der Waals surface area contributed by atoms with Crippen molar-refractivity contribution in [3.8, 4) is 0 Å². The number of benzene rings is 1. The van der Waals surface area contributed by atoms with Gasteiger partial charge in [-0.15, -0.1) is 11.3 Å². The molecule has 1 amide bonds. The van der Waals surface area contributed by atoms with Gasteiger partial charge < -0.3 is 4.90 Å². The molecule has 2 heterocycles. The Balaban J connectivity index is 1.78. The molecule has 1 aliphatic rings. The molecule has 104 valence electrons. The van der Waals surface area contributed by atoms with Crippen LogP contribution in [0.5, 0.6) is 0 Å². The third kappa shape index (κ3) is 2.75. The highest BCUT2D eigenvalue weighted by atomic mass is 32.1. The summed E-state index contributed by atoms with van der Waals surface area (Å²) in [6.07, 6.45) is 3.06. The maximum Gasteiger partial charge on any atom is 0.265 e. The topological polar surface area (TPSA) is 33.2 Å². The Morgan fingerprint density at radius 3 is 2.65 bits per heavy atom. The van der Waals surface area contributed by atoms with Gasteiger partial charge >= 0.3 is 0 Å². The summed E-state index contributed by atoms with van der Waals surface area (Å²) >= 11 is 1.55. The summed E-state index contributed by atoms with van der Waals surface area (Å²) in [6.45, 7) is 3.72. The van der Waals surface area contributed by atoms with Crippen molar-refractivity contribution in [1.82, 2.24) is 9.88 Å². The van der Waals surface area contributed by atoms with Crippen molar-refractivity contribution in [1.29, 1.82) is 0 Å². The number of hydrogen-bond donors (Lipinski definition) is 0. The van der Waals surface area contributed by atoms with Gasteiger partial charge in [-0.1, -0.05) is 30.3 Å². The molecule has 0 atom stereocenters. The zero-order chi connectivity index (χ0) is 13.9. The van der Waals surface area contributed by atoms with Gasteiger partial charge in [-0.3, -0.25) is 4.79 Å². The first-order valence-corrected chi connectivity index (χ1v) is 7.85. The van der Waals surface area contributed by atoms with E-state index >= 15 is 0 Å². The second kappa shape index (κ2) is 5.75. The standard InChI is InChI=1S/C16H18N2OS/c1-12-15(16(19)18-9-5-6-10-18)20-14(17-12)11-13-7-3-2-4-8-13/h2-4,7-8H,5-6,9-11H2,1H3. The minimum Gasteiger partial charge on any atom is -0.338 e. The molecule has 2 aromatic rings. The van der Waals surface area contributed by atoms with Crippen LogP contribution in [-0.4, -0.2) is 28.9 Å². The van der Waals surface area contributed by atoms with E-state index in [0.29, 0.717) is 0 Å². The minimum atomic E-state index is 0.164. The molecule has 1 aromatic carbocycles. The molecule has 0 saturated carbocycles. The van der Waals surface area contributed by atoms with Gasteiger partial charge in [0.05, 0.1) is 10.7 Å². The number of nitrogens with zero attached hydrogens (tertiary/aromatic N) is 2. The van der Waals surface area contributed by atoms with Gasteiger partial charge in [0.2, 0.25) is 0 Å². The second-order valence-corrected chi connectivity index (χ2v) is 6.27. The van der Waals surface area contributed by atoms with Crippen molar-refractivity contribution in [2.75, 3.05) is 13.1 Å². The number of rotatable bonds is 3. The molecule has 0 spiro atoms. The molecule has 0 N–H and O–H groups in total. The van der Waals surface area contributed by atoms with Gasteiger partial charge in [0, 0.05) is 19.5 Å². The summed E-state index contributed by atoms with van der Waals surface area (Å²) in [5.74, 6) is 0.164. The summed E-state index contributed by atoms with van der Waals surface area (Å²) in [4.78, 5) is 19.8. The molecule has 20 heavy (non-hydrogen) atoms. The maximum atomic E-state index is 12.4. The highest BCUT2D eigenvalue weighted by Crippen LogP contribution is 2.24. The summed E-state index contributed by atoms with van der Waals surface area (Å²) in [6, 6.07) is 10.3. The van der Waals surface area contributed by atoms with E-state index in [1.807, 2.05) is 30.0 Å². The zero-order valence-corrected chi connectivity index (χ0v) is 12.4. The molecule has 0 unspecified atom stereocenters. The van der Waals surface area contributed by atoms with Crippen molar-refractivity contribution < 1.29 is 4.79 Å². The Hall–Kier alpha value is -1.68. The molecule has 1 aliphatic heterocycles. The molecular weight excluding hydrogens is 268 g/mol.